The number of fused-ring (bicyclic) bond motifs is 6. The van der Waals surface area contributed by atoms with Gasteiger partial charge in [0.05, 0.1) is 5.41 Å². The Morgan fingerprint density at radius 3 is 1.66 bits per heavy atom. The molecule has 0 atom stereocenters. The van der Waals surface area contributed by atoms with Gasteiger partial charge >= 0.3 is 0 Å². The van der Waals surface area contributed by atoms with Crippen molar-refractivity contribution in [3.63, 3.8) is 0 Å². The molecule has 3 nitrogen and oxygen atoms in total. The van der Waals surface area contributed by atoms with Crippen molar-refractivity contribution in [1.29, 1.82) is 0 Å². The van der Waals surface area contributed by atoms with Crippen molar-refractivity contribution in [2.24, 2.45) is 0 Å². The lowest BCUT2D eigenvalue weighted by atomic mass is 9.67. The fraction of sp³-hybridized carbons (Fsp3) is 0.0217. The van der Waals surface area contributed by atoms with E-state index in [0.29, 0.717) is 17.5 Å². The molecule has 4 heteroatoms. The number of aromatic nitrogens is 3. The third-order valence-corrected chi connectivity index (χ3v) is 11.3. The number of hydrogen-bond acceptors (Lipinski definition) is 4. The highest BCUT2D eigenvalue weighted by Gasteiger charge is 2.47. The third kappa shape index (κ3) is 4.25. The van der Waals surface area contributed by atoms with Gasteiger partial charge in [0.15, 0.2) is 17.5 Å². The number of benzene rings is 7. The average Bonchev–Trinajstić information content (AvgIpc) is 3.73. The summed E-state index contributed by atoms with van der Waals surface area (Å²) in [5.74, 6) is 1.99. The van der Waals surface area contributed by atoms with Gasteiger partial charge < -0.3 is 0 Å². The summed E-state index contributed by atoms with van der Waals surface area (Å²) in [6.45, 7) is 0. The van der Waals surface area contributed by atoms with E-state index in [1.54, 1.807) is 11.3 Å². The van der Waals surface area contributed by atoms with Gasteiger partial charge in [-0.05, 0) is 45.5 Å². The van der Waals surface area contributed by atoms with Crippen LogP contribution in [-0.2, 0) is 5.41 Å². The first-order valence-electron chi connectivity index (χ1n) is 16.9. The highest BCUT2D eigenvalue weighted by molar-refractivity contribution is 7.26. The van der Waals surface area contributed by atoms with Crippen LogP contribution in [0.2, 0.25) is 0 Å². The maximum Gasteiger partial charge on any atom is 0.165 e. The summed E-state index contributed by atoms with van der Waals surface area (Å²) in [6.07, 6.45) is 0. The average molecular weight is 656 g/mol. The first kappa shape index (κ1) is 28.8. The van der Waals surface area contributed by atoms with E-state index >= 15 is 0 Å². The van der Waals surface area contributed by atoms with Crippen molar-refractivity contribution in [3.8, 4) is 45.3 Å². The Hall–Kier alpha value is -6.23. The van der Waals surface area contributed by atoms with Crippen molar-refractivity contribution in [1.82, 2.24) is 15.0 Å². The van der Waals surface area contributed by atoms with Crippen LogP contribution in [0, 0.1) is 0 Å². The van der Waals surface area contributed by atoms with E-state index in [1.165, 1.54) is 48.0 Å². The van der Waals surface area contributed by atoms with Gasteiger partial charge in [0.1, 0.15) is 0 Å². The summed E-state index contributed by atoms with van der Waals surface area (Å²) >= 11 is 1.79. The fourth-order valence-corrected chi connectivity index (χ4v) is 9.15. The van der Waals surface area contributed by atoms with Gasteiger partial charge in [-0.1, -0.05) is 164 Å². The summed E-state index contributed by atoms with van der Waals surface area (Å²) in [5, 5.41) is 2.47. The molecule has 2 aromatic heterocycles. The zero-order chi connectivity index (χ0) is 33.1. The second kappa shape index (κ2) is 11.4. The highest BCUT2D eigenvalue weighted by Crippen LogP contribution is 2.58. The van der Waals surface area contributed by atoms with E-state index in [-0.39, 0.29) is 0 Å². The SMILES string of the molecule is c1ccc(-c2nc(-c3cccc4c3-c3ccccc3C4(c3ccccc3)c3ccccc3)nc(-c3cccc4c3sc3ccccc34)n2)cc1. The molecule has 1 aliphatic rings. The first-order valence-corrected chi connectivity index (χ1v) is 17.7. The lowest BCUT2D eigenvalue weighted by Gasteiger charge is -2.33. The zero-order valence-corrected chi connectivity index (χ0v) is 27.8. The Bertz CT molecular complexity index is 2660. The van der Waals surface area contributed by atoms with E-state index in [0.717, 1.165) is 22.3 Å². The minimum Gasteiger partial charge on any atom is -0.208 e. The van der Waals surface area contributed by atoms with Crippen molar-refractivity contribution < 1.29 is 0 Å². The Balaban J connectivity index is 1.28. The molecule has 9 aromatic rings. The number of nitrogens with zero attached hydrogens (tertiary/aromatic N) is 3. The van der Waals surface area contributed by atoms with Crippen LogP contribution < -0.4 is 0 Å². The maximum absolute atomic E-state index is 5.35. The quantitative estimate of drug-likeness (QED) is 0.185. The molecular weight excluding hydrogens is 627 g/mol. The minimum absolute atomic E-state index is 0.509. The second-order valence-corrected chi connectivity index (χ2v) is 13.8. The molecule has 0 saturated carbocycles. The molecule has 1 aliphatic carbocycles. The van der Waals surface area contributed by atoms with Crippen LogP contribution in [0.1, 0.15) is 22.3 Å². The van der Waals surface area contributed by atoms with E-state index in [2.05, 4.69) is 158 Å². The standard InChI is InChI=1S/C46H29N3S/c1-4-16-30(17-5-1)43-47-44(49-45(48-43)37-26-14-24-34-33-22-11-13-29-40(33)50-42(34)37)36-25-15-28-39-41(36)35-23-10-12-27-38(35)46(39,31-18-6-2-7-19-31)32-20-8-3-9-21-32/h1-29H. The predicted octanol–water partition coefficient (Wildman–Crippen LogP) is 11.6. The Morgan fingerprint density at radius 2 is 0.900 bits per heavy atom. The monoisotopic (exact) mass is 655 g/mol. The molecule has 0 fully saturated rings. The van der Waals surface area contributed by atoms with Gasteiger partial charge in [0, 0.05) is 36.9 Å². The molecule has 10 rings (SSSR count). The smallest absolute Gasteiger partial charge is 0.165 e. The molecule has 0 aliphatic heterocycles. The zero-order valence-electron chi connectivity index (χ0n) is 27.0. The van der Waals surface area contributed by atoms with Crippen molar-refractivity contribution in [2.75, 3.05) is 0 Å². The molecule has 0 bridgehead atoms. The van der Waals surface area contributed by atoms with Gasteiger partial charge in [-0.25, -0.2) is 15.0 Å². The van der Waals surface area contributed by atoms with Crippen molar-refractivity contribution >= 4 is 31.5 Å². The largest absolute Gasteiger partial charge is 0.208 e. The van der Waals surface area contributed by atoms with Crippen molar-refractivity contribution in [3.05, 3.63) is 198 Å². The summed E-state index contributed by atoms with van der Waals surface area (Å²) in [4.78, 5) is 15.8. The van der Waals surface area contributed by atoms with Gasteiger partial charge in [-0.2, -0.15) is 0 Å². The topological polar surface area (TPSA) is 38.7 Å². The van der Waals surface area contributed by atoms with Gasteiger partial charge in [-0.3, -0.25) is 0 Å². The molecule has 0 unspecified atom stereocenters. The van der Waals surface area contributed by atoms with Crippen LogP contribution in [0.15, 0.2) is 176 Å². The molecule has 0 amide bonds. The molecule has 0 saturated heterocycles. The van der Waals surface area contributed by atoms with Gasteiger partial charge in [-0.15, -0.1) is 11.3 Å². The second-order valence-electron chi connectivity index (χ2n) is 12.7. The van der Waals surface area contributed by atoms with E-state index < -0.39 is 5.41 Å². The Labute approximate surface area is 294 Å². The van der Waals surface area contributed by atoms with Crippen molar-refractivity contribution in [2.45, 2.75) is 5.41 Å². The van der Waals surface area contributed by atoms with Crippen LogP contribution in [-0.4, -0.2) is 15.0 Å². The summed E-state index contributed by atoms with van der Waals surface area (Å²) < 4.78 is 2.43. The molecule has 0 spiro atoms. The number of thiophene rings is 1. The van der Waals surface area contributed by atoms with Crippen LogP contribution in [0.25, 0.3) is 65.5 Å². The summed E-state index contributed by atoms with van der Waals surface area (Å²) in [5.41, 5.74) is 9.75. The fourth-order valence-electron chi connectivity index (χ4n) is 7.94. The molecule has 2 heterocycles. The predicted molar refractivity (Wildman–Crippen MR) is 206 cm³/mol. The summed E-state index contributed by atoms with van der Waals surface area (Å²) in [7, 11) is 0. The lowest BCUT2D eigenvalue weighted by Crippen LogP contribution is -2.28. The highest BCUT2D eigenvalue weighted by atomic mass is 32.1. The number of hydrogen-bond donors (Lipinski definition) is 0. The first-order chi connectivity index (χ1) is 24.8. The van der Waals surface area contributed by atoms with Crippen LogP contribution >= 0.6 is 11.3 Å². The normalized spacial score (nSPS) is 13.0. The van der Waals surface area contributed by atoms with E-state index in [4.69, 9.17) is 15.0 Å². The van der Waals surface area contributed by atoms with E-state index in [9.17, 15) is 0 Å². The Morgan fingerprint density at radius 1 is 0.380 bits per heavy atom. The molecule has 7 aromatic carbocycles. The minimum atomic E-state index is -0.509. The molecular formula is C46H29N3S. The Kier molecular flexibility index (Phi) is 6.58. The van der Waals surface area contributed by atoms with E-state index in [1.807, 2.05) is 18.2 Å². The number of rotatable bonds is 5. The van der Waals surface area contributed by atoms with Crippen LogP contribution in [0.4, 0.5) is 0 Å². The molecule has 234 valence electrons. The summed E-state index contributed by atoms with van der Waals surface area (Å²) in [6, 6.07) is 62.5. The van der Waals surface area contributed by atoms with Crippen LogP contribution in [0.3, 0.4) is 0 Å². The molecule has 0 N–H and O–H groups in total. The van der Waals surface area contributed by atoms with Gasteiger partial charge in [0.2, 0.25) is 0 Å². The lowest BCUT2D eigenvalue weighted by molar-refractivity contribution is 0.768. The molecule has 50 heavy (non-hydrogen) atoms. The van der Waals surface area contributed by atoms with Gasteiger partial charge in [0.25, 0.3) is 0 Å². The maximum atomic E-state index is 5.35. The van der Waals surface area contributed by atoms with Crippen LogP contribution in [0.5, 0.6) is 0 Å². The molecule has 0 radical (unpaired) electrons. The third-order valence-electron chi connectivity index (χ3n) is 10.0.